The molecule has 0 spiro atoms. The molecule has 6 rings (SSSR count). The molecule has 1 nitrogen and oxygen atoms in total. The van der Waals surface area contributed by atoms with Gasteiger partial charge in [-0.3, -0.25) is 0 Å². The predicted molar refractivity (Wildman–Crippen MR) is 53.8 cm³/mol. The Bertz CT molecular complexity index is 304. The summed E-state index contributed by atoms with van der Waals surface area (Å²) in [7, 11) is 0. The lowest BCUT2D eigenvalue weighted by Crippen LogP contribution is -2.76. The smallest absolute Gasteiger partial charge is 0.130 e. The van der Waals surface area contributed by atoms with E-state index in [1.54, 1.807) is 26.2 Å². The average Bonchev–Trinajstić information content (AvgIpc) is 1.70. The molecular formula is C13H18O. The zero-order valence-corrected chi connectivity index (χ0v) is 8.94. The lowest BCUT2D eigenvalue weighted by molar-refractivity contribution is -0.350. The third-order valence-corrected chi connectivity index (χ3v) is 5.93. The third kappa shape index (κ3) is 0.610. The van der Waals surface area contributed by atoms with Crippen LogP contribution in [0.5, 0.6) is 0 Å². The monoisotopic (exact) mass is 190 g/mol. The molecule has 0 aromatic heterocycles. The number of ketones is 1. The molecule has 6 saturated carbocycles. The van der Waals surface area contributed by atoms with E-state index in [1.807, 2.05) is 0 Å². The number of hydrogen-bond donors (Lipinski definition) is 0. The molecule has 0 radical (unpaired) electrons. The molecule has 0 aliphatic heterocycles. The molecule has 0 heterocycles. The van der Waals surface area contributed by atoms with Gasteiger partial charge in [0.1, 0.15) is 5.78 Å². The molecule has 6 aliphatic carbocycles. The maximum absolute atomic E-state index is 11.1. The van der Waals surface area contributed by atoms with E-state index in [4.69, 9.17) is 0 Å². The van der Waals surface area contributed by atoms with E-state index >= 15 is 0 Å². The Morgan fingerprint density at radius 3 is 2.07 bits per heavy atom. The van der Waals surface area contributed by atoms with Crippen LogP contribution in [0.4, 0.5) is 0 Å². The molecular weight excluding hydrogens is 172 g/mol. The summed E-state index contributed by atoms with van der Waals surface area (Å²) in [4.78, 5) is 11.1. The summed E-state index contributed by atoms with van der Waals surface area (Å²) in [6, 6.07) is 0. The Morgan fingerprint density at radius 2 is 1.71 bits per heavy atom. The number of rotatable bonds is 3. The molecule has 6 fully saturated rings. The SMILES string of the molecule is CC(=O)CC12CC(C34CC(C3)C4)(C1)C2. The van der Waals surface area contributed by atoms with Gasteiger partial charge in [0.05, 0.1) is 0 Å². The van der Waals surface area contributed by atoms with Crippen molar-refractivity contribution in [3.8, 4) is 0 Å². The highest BCUT2D eigenvalue weighted by Crippen LogP contribution is 2.89. The van der Waals surface area contributed by atoms with Gasteiger partial charge in [-0.15, -0.1) is 0 Å². The highest BCUT2D eigenvalue weighted by Gasteiger charge is 2.80. The fourth-order valence-electron chi connectivity index (χ4n) is 5.40. The van der Waals surface area contributed by atoms with Gasteiger partial charge in [-0.1, -0.05) is 0 Å². The van der Waals surface area contributed by atoms with Crippen LogP contribution in [0.2, 0.25) is 0 Å². The number of Topliss-reactive ketones (excluding diaryl/α,β-unsaturated/α-hetero) is 1. The molecule has 6 aliphatic rings. The standard InChI is InChI=1S/C13H18O/c1-9(14)2-11-6-13(7-11,8-11)12-3-10(4-12)5-12/h10H,2-8H2,1H3. The van der Waals surface area contributed by atoms with Gasteiger partial charge in [0.2, 0.25) is 0 Å². The van der Waals surface area contributed by atoms with E-state index < -0.39 is 0 Å². The maximum atomic E-state index is 11.1. The molecule has 0 amide bonds. The summed E-state index contributed by atoms with van der Waals surface area (Å²) in [6.07, 6.45) is 9.74. The van der Waals surface area contributed by atoms with Crippen LogP contribution in [0.3, 0.4) is 0 Å². The highest BCUT2D eigenvalue weighted by molar-refractivity contribution is 5.77. The summed E-state index contributed by atoms with van der Waals surface area (Å²) in [5, 5.41) is 0. The van der Waals surface area contributed by atoms with Gasteiger partial charge in [0.25, 0.3) is 0 Å². The molecule has 0 unspecified atom stereocenters. The molecule has 4 bridgehead atoms. The Labute approximate surface area is 85.3 Å². The van der Waals surface area contributed by atoms with Crippen molar-refractivity contribution in [1.29, 1.82) is 0 Å². The van der Waals surface area contributed by atoms with Gasteiger partial charge in [-0.2, -0.15) is 0 Å². The molecule has 76 valence electrons. The minimum absolute atomic E-state index is 0.413. The van der Waals surface area contributed by atoms with Crippen LogP contribution in [0.1, 0.15) is 51.9 Å². The fourth-order valence-corrected chi connectivity index (χ4v) is 5.40. The van der Waals surface area contributed by atoms with Crippen LogP contribution in [-0.4, -0.2) is 5.78 Å². The second kappa shape index (κ2) is 1.83. The minimum atomic E-state index is 0.413. The average molecular weight is 190 g/mol. The van der Waals surface area contributed by atoms with E-state index in [9.17, 15) is 4.79 Å². The van der Waals surface area contributed by atoms with Crippen LogP contribution in [0.25, 0.3) is 0 Å². The molecule has 0 aromatic rings. The predicted octanol–water partition coefficient (Wildman–Crippen LogP) is 2.94. The Kier molecular flexibility index (Phi) is 1.03. The second-order valence-corrected chi connectivity index (χ2v) is 6.95. The maximum Gasteiger partial charge on any atom is 0.130 e. The number of carbonyl (C=O) groups excluding carboxylic acids is 1. The third-order valence-electron chi connectivity index (χ3n) is 5.93. The first kappa shape index (κ1) is 7.90. The van der Waals surface area contributed by atoms with Gasteiger partial charge in [0, 0.05) is 6.42 Å². The van der Waals surface area contributed by atoms with Gasteiger partial charge < -0.3 is 4.79 Å². The zero-order valence-electron chi connectivity index (χ0n) is 8.94. The molecule has 1 heteroatoms. The first-order chi connectivity index (χ1) is 6.57. The van der Waals surface area contributed by atoms with Crippen molar-refractivity contribution < 1.29 is 4.79 Å². The highest BCUT2D eigenvalue weighted by atomic mass is 16.1. The van der Waals surface area contributed by atoms with E-state index in [1.165, 1.54) is 19.3 Å². The fraction of sp³-hybridized carbons (Fsp3) is 0.923. The van der Waals surface area contributed by atoms with Gasteiger partial charge in [-0.25, -0.2) is 0 Å². The summed E-state index contributed by atoms with van der Waals surface area (Å²) >= 11 is 0. The molecule has 0 N–H and O–H groups in total. The van der Waals surface area contributed by atoms with Crippen molar-refractivity contribution in [2.24, 2.45) is 22.2 Å². The van der Waals surface area contributed by atoms with Gasteiger partial charge in [-0.05, 0) is 67.6 Å². The number of carbonyl (C=O) groups is 1. The van der Waals surface area contributed by atoms with E-state index in [-0.39, 0.29) is 0 Å². The largest absolute Gasteiger partial charge is 0.300 e. The summed E-state index contributed by atoms with van der Waals surface area (Å²) in [5.41, 5.74) is 2.09. The van der Waals surface area contributed by atoms with E-state index in [0.29, 0.717) is 11.2 Å². The van der Waals surface area contributed by atoms with Crippen LogP contribution >= 0.6 is 0 Å². The molecule has 0 saturated heterocycles. The van der Waals surface area contributed by atoms with E-state index in [2.05, 4.69) is 0 Å². The molecule has 0 atom stereocenters. The molecule has 14 heavy (non-hydrogen) atoms. The Balaban J connectivity index is 1.48. The first-order valence-corrected chi connectivity index (χ1v) is 6.07. The van der Waals surface area contributed by atoms with Crippen LogP contribution < -0.4 is 0 Å². The van der Waals surface area contributed by atoms with Crippen molar-refractivity contribution in [2.75, 3.05) is 0 Å². The topological polar surface area (TPSA) is 17.1 Å². The van der Waals surface area contributed by atoms with Crippen molar-refractivity contribution >= 4 is 5.78 Å². The summed E-state index contributed by atoms with van der Waals surface area (Å²) < 4.78 is 0. The minimum Gasteiger partial charge on any atom is -0.300 e. The molecule has 0 aromatic carbocycles. The van der Waals surface area contributed by atoms with Gasteiger partial charge >= 0.3 is 0 Å². The first-order valence-electron chi connectivity index (χ1n) is 6.07. The normalized spacial score (nSPS) is 61.6. The lowest BCUT2D eigenvalue weighted by Gasteiger charge is -2.85. The van der Waals surface area contributed by atoms with E-state index in [0.717, 1.165) is 23.2 Å². The van der Waals surface area contributed by atoms with Gasteiger partial charge in [0.15, 0.2) is 0 Å². The zero-order chi connectivity index (χ0) is 9.60. The van der Waals surface area contributed by atoms with Crippen molar-refractivity contribution in [1.82, 2.24) is 0 Å². The van der Waals surface area contributed by atoms with Crippen molar-refractivity contribution in [3.05, 3.63) is 0 Å². The second-order valence-electron chi connectivity index (χ2n) is 6.95. The lowest BCUT2D eigenvalue weighted by atomic mass is 9.20. The van der Waals surface area contributed by atoms with Crippen LogP contribution in [0, 0.1) is 22.2 Å². The Morgan fingerprint density at radius 1 is 1.14 bits per heavy atom. The van der Waals surface area contributed by atoms with Crippen molar-refractivity contribution in [2.45, 2.75) is 51.9 Å². The summed E-state index contributed by atoms with van der Waals surface area (Å²) in [5.74, 6) is 1.53. The quantitative estimate of drug-likeness (QED) is 0.668. The number of hydrogen-bond acceptors (Lipinski definition) is 1. The summed E-state index contributed by atoms with van der Waals surface area (Å²) in [6.45, 7) is 1.76. The van der Waals surface area contributed by atoms with Crippen molar-refractivity contribution in [3.63, 3.8) is 0 Å². The Hall–Kier alpha value is -0.330. The van der Waals surface area contributed by atoms with Crippen LogP contribution in [0.15, 0.2) is 0 Å². The van der Waals surface area contributed by atoms with Crippen LogP contribution in [-0.2, 0) is 4.79 Å².